The first-order valence-electron chi connectivity index (χ1n) is 5.36. The van der Waals surface area contributed by atoms with Gasteiger partial charge in [0.05, 0.1) is 0 Å². The van der Waals surface area contributed by atoms with Crippen LogP contribution in [0.3, 0.4) is 0 Å². The van der Waals surface area contributed by atoms with Crippen LogP contribution in [0.2, 0.25) is 0 Å². The van der Waals surface area contributed by atoms with Crippen LogP contribution < -0.4 is 11.1 Å². The molecule has 0 heterocycles. The number of carbonyl (C=O) groups excluding carboxylic acids is 1. The number of anilines is 1. The molecule has 1 atom stereocenters. The maximum absolute atomic E-state index is 13.4. The average molecular weight is 224 g/mol. The fourth-order valence-electron chi connectivity index (χ4n) is 1.56. The molecule has 1 aromatic rings. The van der Waals surface area contributed by atoms with E-state index in [-0.39, 0.29) is 24.2 Å². The van der Waals surface area contributed by atoms with Crippen LogP contribution in [0, 0.1) is 5.82 Å². The molecule has 1 rings (SSSR count). The standard InChI is InChI=1S/C12H17FN2O/c1-3-9-4-5-10(7-11(9)13)15-8(2)6-12(14)16/h4-5,7-8,15H,3,6H2,1-2H3,(H2,14,16). The summed E-state index contributed by atoms with van der Waals surface area (Å²) in [6.07, 6.45) is 0.903. The van der Waals surface area contributed by atoms with Crippen molar-refractivity contribution in [2.75, 3.05) is 5.32 Å². The Morgan fingerprint density at radius 1 is 1.56 bits per heavy atom. The first-order valence-corrected chi connectivity index (χ1v) is 5.36. The van der Waals surface area contributed by atoms with Crippen LogP contribution >= 0.6 is 0 Å². The van der Waals surface area contributed by atoms with Crippen LogP contribution in [0.4, 0.5) is 10.1 Å². The molecule has 3 nitrogen and oxygen atoms in total. The van der Waals surface area contributed by atoms with E-state index in [0.29, 0.717) is 17.7 Å². The molecule has 0 radical (unpaired) electrons. The number of halogens is 1. The second-order valence-electron chi connectivity index (χ2n) is 3.88. The number of amides is 1. The Labute approximate surface area is 94.8 Å². The lowest BCUT2D eigenvalue weighted by atomic mass is 10.1. The predicted octanol–water partition coefficient (Wildman–Crippen LogP) is 2.06. The highest BCUT2D eigenvalue weighted by Crippen LogP contribution is 2.16. The van der Waals surface area contributed by atoms with Crippen molar-refractivity contribution < 1.29 is 9.18 Å². The number of primary amides is 1. The molecule has 0 bridgehead atoms. The van der Waals surface area contributed by atoms with Crippen LogP contribution in [-0.2, 0) is 11.2 Å². The Hall–Kier alpha value is -1.58. The van der Waals surface area contributed by atoms with Crippen molar-refractivity contribution in [2.45, 2.75) is 32.7 Å². The van der Waals surface area contributed by atoms with E-state index in [4.69, 9.17) is 5.73 Å². The van der Waals surface area contributed by atoms with Gasteiger partial charge in [0.2, 0.25) is 5.91 Å². The molecule has 1 amide bonds. The summed E-state index contributed by atoms with van der Waals surface area (Å²) < 4.78 is 13.4. The average Bonchev–Trinajstić information content (AvgIpc) is 2.16. The summed E-state index contributed by atoms with van der Waals surface area (Å²) in [7, 11) is 0. The second kappa shape index (κ2) is 5.49. The van der Waals surface area contributed by atoms with Gasteiger partial charge >= 0.3 is 0 Å². The molecule has 0 saturated carbocycles. The second-order valence-corrected chi connectivity index (χ2v) is 3.88. The molecular weight excluding hydrogens is 207 g/mol. The van der Waals surface area contributed by atoms with Gasteiger partial charge in [0.1, 0.15) is 5.82 Å². The number of nitrogens with two attached hydrogens (primary N) is 1. The number of benzene rings is 1. The van der Waals surface area contributed by atoms with Crippen LogP contribution in [0.5, 0.6) is 0 Å². The normalized spacial score (nSPS) is 12.2. The molecule has 0 fully saturated rings. The van der Waals surface area contributed by atoms with Crippen molar-refractivity contribution in [1.82, 2.24) is 0 Å². The monoisotopic (exact) mass is 224 g/mol. The van der Waals surface area contributed by atoms with Gasteiger partial charge in [-0.25, -0.2) is 4.39 Å². The van der Waals surface area contributed by atoms with Crippen LogP contribution in [0.1, 0.15) is 25.8 Å². The Kier molecular flexibility index (Phi) is 4.28. The van der Waals surface area contributed by atoms with E-state index < -0.39 is 0 Å². The number of nitrogens with one attached hydrogen (secondary N) is 1. The third-order valence-electron chi connectivity index (χ3n) is 2.35. The SMILES string of the molecule is CCc1ccc(NC(C)CC(N)=O)cc1F. The summed E-state index contributed by atoms with van der Waals surface area (Å²) in [4.78, 5) is 10.7. The van der Waals surface area contributed by atoms with Crippen LogP contribution in [0.25, 0.3) is 0 Å². The Bertz CT molecular complexity index is 379. The molecule has 4 heteroatoms. The Balaban J connectivity index is 2.67. The molecule has 3 N–H and O–H groups in total. The smallest absolute Gasteiger partial charge is 0.219 e. The summed E-state index contributed by atoms with van der Waals surface area (Å²) in [6.45, 7) is 3.73. The zero-order valence-corrected chi connectivity index (χ0v) is 9.59. The van der Waals surface area contributed by atoms with Crippen molar-refractivity contribution in [3.05, 3.63) is 29.6 Å². The van der Waals surface area contributed by atoms with Gasteiger partial charge in [-0.15, -0.1) is 0 Å². The topological polar surface area (TPSA) is 55.1 Å². The highest BCUT2D eigenvalue weighted by molar-refractivity contribution is 5.74. The maximum atomic E-state index is 13.4. The molecule has 0 aromatic heterocycles. The van der Waals surface area contributed by atoms with E-state index in [1.807, 2.05) is 13.8 Å². The van der Waals surface area contributed by atoms with Crippen molar-refractivity contribution in [2.24, 2.45) is 5.73 Å². The molecule has 0 spiro atoms. The molecule has 0 aliphatic heterocycles. The van der Waals surface area contributed by atoms with Gasteiger partial charge in [-0.2, -0.15) is 0 Å². The molecule has 0 aliphatic rings. The van der Waals surface area contributed by atoms with Gasteiger partial charge in [0, 0.05) is 18.2 Å². The summed E-state index contributed by atoms with van der Waals surface area (Å²) in [5.74, 6) is -0.593. The first-order chi connectivity index (χ1) is 7.52. The van der Waals surface area contributed by atoms with Gasteiger partial charge in [-0.3, -0.25) is 4.79 Å². The molecule has 16 heavy (non-hydrogen) atoms. The van der Waals surface area contributed by atoms with Crippen molar-refractivity contribution in [3.63, 3.8) is 0 Å². The van der Waals surface area contributed by atoms with E-state index in [0.717, 1.165) is 0 Å². The number of rotatable bonds is 5. The van der Waals surface area contributed by atoms with Crippen molar-refractivity contribution in [3.8, 4) is 0 Å². The van der Waals surface area contributed by atoms with Gasteiger partial charge in [-0.1, -0.05) is 13.0 Å². The van der Waals surface area contributed by atoms with Gasteiger partial charge in [0.25, 0.3) is 0 Å². The van der Waals surface area contributed by atoms with E-state index in [1.54, 1.807) is 12.1 Å². The van der Waals surface area contributed by atoms with E-state index in [9.17, 15) is 9.18 Å². The van der Waals surface area contributed by atoms with Crippen molar-refractivity contribution >= 4 is 11.6 Å². The quantitative estimate of drug-likeness (QED) is 0.804. The summed E-state index contributed by atoms with van der Waals surface area (Å²) in [5, 5.41) is 3.02. The predicted molar refractivity (Wildman–Crippen MR) is 62.7 cm³/mol. The summed E-state index contributed by atoms with van der Waals surface area (Å²) >= 11 is 0. The fourth-order valence-corrected chi connectivity index (χ4v) is 1.56. The number of hydrogen-bond donors (Lipinski definition) is 2. The Morgan fingerprint density at radius 2 is 2.25 bits per heavy atom. The lowest BCUT2D eigenvalue weighted by Crippen LogP contribution is -2.24. The number of carbonyl (C=O) groups is 1. The van der Waals surface area contributed by atoms with Gasteiger partial charge in [-0.05, 0) is 31.0 Å². The minimum atomic E-state index is -0.370. The lowest BCUT2D eigenvalue weighted by Gasteiger charge is -2.14. The van der Waals surface area contributed by atoms with Crippen LogP contribution in [0.15, 0.2) is 18.2 Å². The zero-order valence-electron chi connectivity index (χ0n) is 9.59. The highest BCUT2D eigenvalue weighted by Gasteiger charge is 2.07. The fraction of sp³-hybridized carbons (Fsp3) is 0.417. The minimum absolute atomic E-state index is 0.0932. The molecule has 88 valence electrons. The van der Waals surface area contributed by atoms with Gasteiger partial charge in [0.15, 0.2) is 0 Å². The number of hydrogen-bond acceptors (Lipinski definition) is 2. The molecular formula is C12H17FN2O. The van der Waals surface area contributed by atoms with E-state index >= 15 is 0 Å². The molecule has 0 aliphatic carbocycles. The summed E-state index contributed by atoms with van der Waals surface area (Å²) in [6, 6.07) is 4.90. The van der Waals surface area contributed by atoms with Crippen molar-refractivity contribution in [1.29, 1.82) is 0 Å². The third-order valence-corrected chi connectivity index (χ3v) is 2.35. The Morgan fingerprint density at radius 3 is 2.75 bits per heavy atom. The maximum Gasteiger partial charge on any atom is 0.219 e. The lowest BCUT2D eigenvalue weighted by molar-refractivity contribution is -0.118. The highest BCUT2D eigenvalue weighted by atomic mass is 19.1. The molecule has 0 saturated heterocycles. The largest absolute Gasteiger partial charge is 0.382 e. The molecule has 1 aromatic carbocycles. The molecule has 1 unspecified atom stereocenters. The number of aryl methyl sites for hydroxylation is 1. The minimum Gasteiger partial charge on any atom is -0.382 e. The van der Waals surface area contributed by atoms with Gasteiger partial charge < -0.3 is 11.1 Å². The zero-order chi connectivity index (χ0) is 12.1. The summed E-state index contributed by atoms with van der Waals surface area (Å²) in [5.41, 5.74) is 6.43. The third kappa shape index (κ3) is 3.53. The van der Waals surface area contributed by atoms with E-state index in [2.05, 4.69) is 5.32 Å². The first kappa shape index (κ1) is 12.5. The van der Waals surface area contributed by atoms with E-state index in [1.165, 1.54) is 6.07 Å². The van der Waals surface area contributed by atoms with Crippen LogP contribution in [-0.4, -0.2) is 11.9 Å².